The average molecular weight is 518 g/mol. The second-order valence-corrected chi connectivity index (χ2v) is 9.90. The van der Waals surface area contributed by atoms with Crippen LogP contribution >= 0.6 is 46.4 Å². The van der Waals surface area contributed by atoms with Crippen molar-refractivity contribution in [1.82, 2.24) is 4.72 Å². The Balaban J connectivity index is 1.91. The number of rotatable bonds is 7. The van der Waals surface area contributed by atoms with E-state index in [0.29, 0.717) is 10.7 Å². The van der Waals surface area contributed by atoms with Gasteiger partial charge in [0.25, 0.3) is 0 Å². The van der Waals surface area contributed by atoms with Crippen LogP contribution in [0.4, 0.5) is 5.69 Å². The molecule has 3 rings (SSSR count). The second-order valence-electron chi connectivity index (χ2n) is 6.56. The summed E-state index contributed by atoms with van der Waals surface area (Å²) in [6.45, 7) is 0. The Kier molecular flexibility index (Phi) is 7.86. The summed E-state index contributed by atoms with van der Waals surface area (Å²) in [4.78, 5) is 12.8. The molecule has 0 saturated heterocycles. The number of halogens is 4. The number of anilines is 1. The Labute approximate surface area is 200 Å². The van der Waals surface area contributed by atoms with Crippen molar-refractivity contribution in [3.63, 3.8) is 0 Å². The van der Waals surface area contributed by atoms with Gasteiger partial charge >= 0.3 is 0 Å². The van der Waals surface area contributed by atoms with Gasteiger partial charge in [-0.15, -0.1) is 0 Å². The predicted molar refractivity (Wildman–Crippen MR) is 126 cm³/mol. The number of carbonyl (C=O) groups is 1. The highest BCUT2D eigenvalue weighted by atomic mass is 35.5. The minimum Gasteiger partial charge on any atom is -0.325 e. The molecule has 2 N–H and O–H groups in total. The largest absolute Gasteiger partial charge is 0.325 e. The number of amides is 1. The molecule has 0 heterocycles. The summed E-state index contributed by atoms with van der Waals surface area (Å²) in [6.07, 6.45) is 0.103. The lowest BCUT2D eigenvalue weighted by Gasteiger charge is -2.19. The molecular formula is C21H16Cl4N2O3S. The van der Waals surface area contributed by atoms with Crippen molar-refractivity contribution in [3.8, 4) is 0 Å². The number of nitrogens with one attached hydrogen (secondary N) is 2. The highest BCUT2D eigenvalue weighted by Crippen LogP contribution is 2.27. The molecule has 0 radical (unpaired) electrons. The maximum absolute atomic E-state index is 13.0. The van der Waals surface area contributed by atoms with E-state index in [0.717, 1.165) is 5.56 Å². The first kappa shape index (κ1) is 23.9. The van der Waals surface area contributed by atoms with Crippen LogP contribution in [0.1, 0.15) is 5.56 Å². The highest BCUT2D eigenvalue weighted by molar-refractivity contribution is 7.89. The molecule has 1 atom stereocenters. The van der Waals surface area contributed by atoms with E-state index in [-0.39, 0.29) is 26.4 Å². The summed E-state index contributed by atoms with van der Waals surface area (Å²) in [6, 6.07) is 16.5. The van der Waals surface area contributed by atoms with Crippen LogP contribution in [0, 0.1) is 0 Å². The normalized spacial score (nSPS) is 12.4. The van der Waals surface area contributed by atoms with Crippen molar-refractivity contribution in [1.29, 1.82) is 0 Å². The standard InChI is InChI=1S/C21H16Cl4N2O3S/c22-14-6-8-17(24)20(11-14)31(29,30)27-19(10-13-4-2-1-3-5-13)21(28)26-15-7-9-16(23)18(25)12-15/h1-9,11-12,19,27H,10H2,(H,26,28)/t19-/m1/s1. The number of sulfonamides is 1. The average Bonchev–Trinajstić information content (AvgIpc) is 2.72. The quantitative estimate of drug-likeness (QED) is 0.414. The molecule has 162 valence electrons. The molecular weight excluding hydrogens is 502 g/mol. The first-order chi connectivity index (χ1) is 14.7. The van der Waals surface area contributed by atoms with E-state index in [2.05, 4.69) is 10.0 Å². The van der Waals surface area contributed by atoms with Crippen LogP contribution in [0.3, 0.4) is 0 Å². The molecule has 0 aliphatic rings. The van der Waals surface area contributed by atoms with E-state index >= 15 is 0 Å². The summed E-state index contributed by atoms with van der Waals surface area (Å²) >= 11 is 23.9. The van der Waals surface area contributed by atoms with Gasteiger partial charge in [0.2, 0.25) is 15.9 Å². The van der Waals surface area contributed by atoms with E-state index in [1.165, 1.54) is 30.3 Å². The van der Waals surface area contributed by atoms with Gasteiger partial charge < -0.3 is 5.32 Å². The molecule has 31 heavy (non-hydrogen) atoms. The predicted octanol–water partition coefficient (Wildman–Crippen LogP) is 5.83. The third-order valence-electron chi connectivity index (χ3n) is 4.27. The van der Waals surface area contributed by atoms with E-state index in [1.807, 2.05) is 6.07 Å². The number of hydrogen-bond acceptors (Lipinski definition) is 3. The van der Waals surface area contributed by atoms with Crippen LogP contribution in [0.2, 0.25) is 20.1 Å². The number of hydrogen-bond donors (Lipinski definition) is 2. The maximum Gasteiger partial charge on any atom is 0.242 e. The topological polar surface area (TPSA) is 75.3 Å². The van der Waals surface area contributed by atoms with E-state index in [9.17, 15) is 13.2 Å². The molecule has 0 spiro atoms. The van der Waals surface area contributed by atoms with Crippen LogP contribution < -0.4 is 10.0 Å². The van der Waals surface area contributed by atoms with Crippen molar-refractivity contribution in [2.75, 3.05) is 5.32 Å². The summed E-state index contributed by atoms with van der Waals surface area (Å²) < 4.78 is 28.4. The molecule has 5 nitrogen and oxygen atoms in total. The molecule has 3 aromatic carbocycles. The van der Waals surface area contributed by atoms with Gasteiger partial charge in [-0.2, -0.15) is 4.72 Å². The fraction of sp³-hybridized carbons (Fsp3) is 0.0952. The lowest BCUT2D eigenvalue weighted by molar-refractivity contribution is -0.117. The van der Waals surface area contributed by atoms with Gasteiger partial charge in [0.1, 0.15) is 10.9 Å². The van der Waals surface area contributed by atoms with Gasteiger partial charge in [-0.25, -0.2) is 8.42 Å². The van der Waals surface area contributed by atoms with Crippen LogP contribution in [-0.4, -0.2) is 20.4 Å². The van der Waals surface area contributed by atoms with E-state index < -0.39 is 22.0 Å². The lowest BCUT2D eigenvalue weighted by atomic mass is 10.1. The van der Waals surface area contributed by atoms with Crippen molar-refractivity contribution in [2.24, 2.45) is 0 Å². The monoisotopic (exact) mass is 516 g/mol. The molecule has 0 saturated carbocycles. The van der Waals surface area contributed by atoms with Crippen molar-refractivity contribution < 1.29 is 13.2 Å². The van der Waals surface area contributed by atoms with Crippen LogP contribution in [0.25, 0.3) is 0 Å². The Morgan fingerprint density at radius 1 is 0.839 bits per heavy atom. The summed E-state index contributed by atoms with van der Waals surface area (Å²) in [5.74, 6) is -0.580. The van der Waals surface area contributed by atoms with Gasteiger partial charge in [-0.1, -0.05) is 76.7 Å². The number of benzene rings is 3. The van der Waals surface area contributed by atoms with Crippen molar-refractivity contribution in [3.05, 3.63) is 92.4 Å². The van der Waals surface area contributed by atoms with Gasteiger partial charge in [0.05, 0.1) is 15.1 Å². The fourth-order valence-corrected chi connectivity index (χ4v) is 5.03. The Morgan fingerprint density at radius 3 is 2.19 bits per heavy atom. The van der Waals surface area contributed by atoms with Gasteiger partial charge in [-0.3, -0.25) is 4.79 Å². The van der Waals surface area contributed by atoms with Crippen LogP contribution in [0.5, 0.6) is 0 Å². The molecule has 10 heteroatoms. The van der Waals surface area contributed by atoms with Crippen LogP contribution in [-0.2, 0) is 21.2 Å². The van der Waals surface area contributed by atoms with Gasteiger partial charge in [0, 0.05) is 10.7 Å². The maximum atomic E-state index is 13.0. The van der Waals surface area contributed by atoms with Gasteiger partial charge in [-0.05, 0) is 48.4 Å². The number of carbonyl (C=O) groups excluding carboxylic acids is 1. The molecule has 0 unspecified atom stereocenters. The van der Waals surface area contributed by atoms with Crippen molar-refractivity contribution in [2.45, 2.75) is 17.4 Å². The Bertz CT molecular complexity index is 1200. The third kappa shape index (κ3) is 6.35. The SMILES string of the molecule is O=C(Nc1ccc(Cl)c(Cl)c1)[C@@H](Cc1ccccc1)NS(=O)(=O)c1cc(Cl)ccc1Cl. The van der Waals surface area contributed by atoms with Crippen LogP contribution in [0.15, 0.2) is 71.6 Å². The lowest BCUT2D eigenvalue weighted by Crippen LogP contribution is -2.45. The molecule has 0 bridgehead atoms. The molecule has 3 aromatic rings. The zero-order chi connectivity index (χ0) is 22.6. The second kappa shape index (κ2) is 10.2. The minimum absolute atomic E-state index is 0.0137. The Morgan fingerprint density at radius 2 is 1.52 bits per heavy atom. The highest BCUT2D eigenvalue weighted by Gasteiger charge is 2.28. The molecule has 0 aliphatic heterocycles. The van der Waals surface area contributed by atoms with E-state index in [1.54, 1.807) is 30.3 Å². The fourth-order valence-electron chi connectivity index (χ4n) is 2.77. The summed E-state index contributed by atoms with van der Waals surface area (Å²) in [7, 11) is -4.16. The molecule has 0 fully saturated rings. The first-order valence-electron chi connectivity index (χ1n) is 8.93. The molecule has 1 amide bonds. The molecule has 0 aromatic heterocycles. The zero-order valence-corrected chi connectivity index (χ0v) is 19.6. The summed E-state index contributed by atoms with van der Waals surface area (Å²) in [5, 5.41) is 3.43. The third-order valence-corrected chi connectivity index (χ3v) is 7.19. The summed E-state index contributed by atoms with van der Waals surface area (Å²) in [5.41, 5.74) is 1.13. The van der Waals surface area contributed by atoms with Crippen molar-refractivity contribution >= 4 is 68.0 Å². The smallest absolute Gasteiger partial charge is 0.242 e. The minimum atomic E-state index is -4.16. The first-order valence-corrected chi connectivity index (χ1v) is 11.9. The Hall–Kier alpha value is -1.80. The van der Waals surface area contributed by atoms with Gasteiger partial charge in [0.15, 0.2) is 0 Å². The molecule has 0 aliphatic carbocycles. The zero-order valence-electron chi connectivity index (χ0n) is 15.8. The van der Waals surface area contributed by atoms with E-state index in [4.69, 9.17) is 46.4 Å².